The van der Waals surface area contributed by atoms with Crippen molar-refractivity contribution in [3.05, 3.63) is 35.9 Å². The molecule has 6 nitrogen and oxygen atoms in total. The average Bonchev–Trinajstić information content (AvgIpc) is 2.80. The Balaban J connectivity index is 1.94. The Morgan fingerprint density at radius 3 is 2.57 bits per heavy atom. The SMILES string of the molecule is CC1(O)CCN(C(=O)NCC(C(=O)O)c2ccccc2)C1. The first-order valence-corrected chi connectivity index (χ1v) is 6.92. The minimum absolute atomic E-state index is 0.0246. The fourth-order valence-corrected chi connectivity index (χ4v) is 2.45. The van der Waals surface area contributed by atoms with Gasteiger partial charge < -0.3 is 20.4 Å². The summed E-state index contributed by atoms with van der Waals surface area (Å²) in [5.41, 5.74) is -0.207. The molecule has 1 fully saturated rings. The van der Waals surface area contributed by atoms with E-state index in [0.29, 0.717) is 18.5 Å². The van der Waals surface area contributed by atoms with Crippen LogP contribution >= 0.6 is 0 Å². The second kappa shape index (κ2) is 6.13. The Morgan fingerprint density at radius 2 is 2.05 bits per heavy atom. The van der Waals surface area contributed by atoms with Crippen LogP contribution in [0.1, 0.15) is 24.8 Å². The topological polar surface area (TPSA) is 89.9 Å². The zero-order valence-corrected chi connectivity index (χ0v) is 12.0. The van der Waals surface area contributed by atoms with Crippen molar-refractivity contribution in [2.75, 3.05) is 19.6 Å². The van der Waals surface area contributed by atoms with Gasteiger partial charge in [-0.3, -0.25) is 4.79 Å². The normalized spacial score (nSPS) is 22.9. The van der Waals surface area contributed by atoms with E-state index in [0.717, 1.165) is 0 Å². The van der Waals surface area contributed by atoms with Crippen LogP contribution in [0.2, 0.25) is 0 Å². The number of urea groups is 1. The highest BCUT2D eigenvalue weighted by Gasteiger charge is 2.34. The maximum atomic E-state index is 12.0. The first-order valence-electron chi connectivity index (χ1n) is 6.92. The number of carboxylic acid groups (broad SMARTS) is 1. The number of amides is 2. The minimum Gasteiger partial charge on any atom is -0.481 e. The molecule has 1 saturated heterocycles. The van der Waals surface area contributed by atoms with Gasteiger partial charge in [-0.15, -0.1) is 0 Å². The minimum atomic E-state index is -0.977. The smallest absolute Gasteiger partial charge is 0.317 e. The summed E-state index contributed by atoms with van der Waals surface area (Å²) in [5, 5.41) is 21.8. The van der Waals surface area contributed by atoms with Crippen molar-refractivity contribution in [1.82, 2.24) is 10.2 Å². The number of benzene rings is 1. The molecular formula is C15H20N2O4. The molecule has 1 heterocycles. The lowest BCUT2D eigenvalue weighted by Crippen LogP contribution is -2.42. The number of carboxylic acids is 1. The lowest BCUT2D eigenvalue weighted by molar-refractivity contribution is -0.138. The molecule has 1 aromatic carbocycles. The van der Waals surface area contributed by atoms with Gasteiger partial charge in [-0.25, -0.2) is 4.79 Å². The van der Waals surface area contributed by atoms with Crippen LogP contribution in [0, 0.1) is 0 Å². The highest BCUT2D eigenvalue weighted by Crippen LogP contribution is 2.20. The van der Waals surface area contributed by atoms with Crippen LogP contribution in [-0.2, 0) is 4.79 Å². The van der Waals surface area contributed by atoms with Crippen molar-refractivity contribution >= 4 is 12.0 Å². The molecule has 0 aliphatic carbocycles. The fourth-order valence-electron chi connectivity index (χ4n) is 2.45. The molecule has 1 aliphatic heterocycles. The van der Waals surface area contributed by atoms with Gasteiger partial charge in [0.1, 0.15) is 0 Å². The summed E-state index contributed by atoms with van der Waals surface area (Å²) in [4.78, 5) is 24.8. The highest BCUT2D eigenvalue weighted by atomic mass is 16.4. The van der Waals surface area contributed by atoms with Gasteiger partial charge in [0.2, 0.25) is 0 Å². The molecule has 2 atom stereocenters. The molecule has 0 radical (unpaired) electrons. The molecule has 2 rings (SSSR count). The summed E-state index contributed by atoms with van der Waals surface area (Å²) in [7, 11) is 0. The Kier molecular flexibility index (Phi) is 4.47. The fraction of sp³-hybridized carbons (Fsp3) is 0.467. The van der Waals surface area contributed by atoms with Gasteiger partial charge in [0.25, 0.3) is 0 Å². The Morgan fingerprint density at radius 1 is 1.38 bits per heavy atom. The predicted molar refractivity (Wildman–Crippen MR) is 77.0 cm³/mol. The van der Waals surface area contributed by atoms with Crippen molar-refractivity contribution in [2.24, 2.45) is 0 Å². The van der Waals surface area contributed by atoms with Crippen molar-refractivity contribution in [3.8, 4) is 0 Å². The summed E-state index contributed by atoms with van der Waals surface area (Å²) in [6.45, 7) is 2.45. The number of hydrogen-bond acceptors (Lipinski definition) is 3. The molecule has 0 aromatic heterocycles. The number of likely N-dealkylation sites (tertiary alicyclic amines) is 1. The molecule has 1 aliphatic rings. The molecule has 0 bridgehead atoms. The summed E-state index contributed by atoms with van der Waals surface area (Å²) < 4.78 is 0. The van der Waals surface area contributed by atoms with Crippen LogP contribution in [0.25, 0.3) is 0 Å². The first-order chi connectivity index (χ1) is 9.89. The number of carbonyl (C=O) groups excluding carboxylic acids is 1. The summed E-state index contributed by atoms with van der Waals surface area (Å²) in [6.07, 6.45) is 0.529. The van der Waals surface area contributed by atoms with Gasteiger partial charge in [-0.1, -0.05) is 30.3 Å². The Hall–Kier alpha value is -2.08. The molecule has 0 spiro atoms. The van der Waals surface area contributed by atoms with Gasteiger partial charge in [0.15, 0.2) is 0 Å². The third-order valence-corrected chi connectivity index (χ3v) is 3.70. The summed E-state index contributed by atoms with van der Waals surface area (Å²) in [6, 6.07) is 8.47. The van der Waals surface area contributed by atoms with Crippen molar-refractivity contribution in [1.29, 1.82) is 0 Å². The molecule has 2 unspecified atom stereocenters. The molecule has 0 saturated carbocycles. The molecule has 1 aromatic rings. The van der Waals surface area contributed by atoms with E-state index in [1.165, 1.54) is 4.90 Å². The standard InChI is InChI=1S/C15H20N2O4/c1-15(21)7-8-17(10-15)14(20)16-9-12(13(18)19)11-5-3-2-4-6-11/h2-6,12,21H,7-10H2,1H3,(H,16,20)(H,18,19). The highest BCUT2D eigenvalue weighted by molar-refractivity contribution is 5.79. The number of rotatable bonds is 4. The Bertz CT molecular complexity index is 516. The van der Waals surface area contributed by atoms with Crippen molar-refractivity contribution in [3.63, 3.8) is 0 Å². The third-order valence-electron chi connectivity index (χ3n) is 3.70. The van der Waals surface area contributed by atoms with Gasteiger partial charge in [0.05, 0.1) is 18.1 Å². The van der Waals surface area contributed by atoms with E-state index in [9.17, 15) is 19.8 Å². The van der Waals surface area contributed by atoms with Crippen molar-refractivity contribution in [2.45, 2.75) is 24.9 Å². The van der Waals surface area contributed by atoms with E-state index in [2.05, 4.69) is 5.32 Å². The van der Waals surface area contributed by atoms with Crippen LogP contribution in [0.4, 0.5) is 4.79 Å². The molecule has 21 heavy (non-hydrogen) atoms. The average molecular weight is 292 g/mol. The van der Waals surface area contributed by atoms with Gasteiger partial charge in [-0.2, -0.15) is 0 Å². The number of aliphatic carboxylic acids is 1. The predicted octanol–water partition coefficient (Wildman–Crippen LogP) is 1.02. The molecule has 2 amide bonds. The van der Waals surface area contributed by atoms with Crippen LogP contribution in [-0.4, -0.2) is 52.3 Å². The zero-order valence-electron chi connectivity index (χ0n) is 12.0. The molecule has 114 valence electrons. The van der Waals surface area contributed by atoms with E-state index in [1.807, 2.05) is 6.07 Å². The van der Waals surface area contributed by atoms with Gasteiger partial charge in [-0.05, 0) is 18.9 Å². The second-order valence-electron chi connectivity index (χ2n) is 5.66. The number of carbonyl (C=O) groups is 2. The lowest BCUT2D eigenvalue weighted by atomic mass is 9.99. The quantitative estimate of drug-likeness (QED) is 0.773. The first kappa shape index (κ1) is 15.3. The van der Waals surface area contributed by atoms with E-state index in [-0.39, 0.29) is 19.1 Å². The maximum Gasteiger partial charge on any atom is 0.317 e. The maximum absolute atomic E-state index is 12.0. The number of nitrogens with one attached hydrogen (secondary N) is 1. The number of hydrogen-bond donors (Lipinski definition) is 3. The largest absolute Gasteiger partial charge is 0.481 e. The zero-order chi connectivity index (χ0) is 15.5. The summed E-state index contributed by atoms with van der Waals surface area (Å²) in [5.74, 6) is -1.76. The molecule has 6 heteroatoms. The van der Waals surface area contributed by atoms with Crippen LogP contribution in [0.15, 0.2) is 30.3 Å². The third kappa shape index (κ3) is 3.95. The van der Waals surface area contributed by atoms with Gasteiger partial charge in [0, 0.05) is 13.1 Å². The molecule has 3 N–H and O–H groups in total. The summed E-state index contributed by atoms with van der Waals surface area (Å²) >= 11 is 0. The van der Waals surface area contributed by atoms with Crippen molar-refractivity contribution < 1.29 is 19.8 Å². The van der Waals surface area contributed by atoms with Crippen LogP contribution in [0.3, 0.4) is 0 Å². The molecular weight excluding hydrogens is 272 g/mol. The van der Waals surface area contributed by atoms with Crippen LogP contribution in [0.5, 0.6) is 0 Å². The van der Waals surface area contributed by atoms with Gasteiger partial charge >= 0.3 is 12.0 Å². The number of β-amino-alcohol motifs (C(OH)–C–C–N with tert-alkyl or cyclic N) is 1. The van der Waals surface area contributed by atoms with E-state index >= 15 is 0 Å². The van der Waals surface area contributed by atoms with E-state index in [4.69, 9.17) is 0 Å². The lowest BCUT2D eigenvalue weighted by Gasteiger charge is -2.21. The van der Waals surface area contributed by atoms with Crippen LogP contribution < -0.4 is 5.32 Å². The monoisotopic (exact) mass is 292 g/mol. The number of aliphatic hydroxyl groups is 1. The Labute approximate surface area is 123 Å². The van der Waals surface area contributed by atoms with E-state index < -0.39 is 17.5 Å². The second-order valence-corrected chi connectivity index (χ2v) is 5.66. The van der Waals surface area contributed by atoms with E-state index in [1.54, 1.807) is 31.2 Å². The number of nitrogens with zero attached hydrogens (tertiary/aromatic N) is 1.